The minimum absolute atomic E-state index is 0. The van der Waals surface area contributed by atoms with E-state index in [-0.39, 0.29) is 198 Å². The summed E-state index contributed by atoms with van der Waals surface area (Å²) in [6.07, 6.45) is 89.7. The van der Waals surface area contributed by atoms with Crippen LogP contribution in [0.15, 0.2) is 0 Å². The fourth-order valence-corrected chi connectivity index (χ4v) is 29.4. The normalized spacial score (nSPS) is 18.1. The largest absolute Gasteiger partial charge is 2.00 e. The SMILES string of the molecule is C1CCCC1.C1CCCC1.C1CCCC1.C1CCCC1.C1CCCC1.C1CCCC1.C=O.C=O.C=O.CC(C1CCCC1)[Si](C)(C)C.CC(C1CCCC1)[Si](C)(C)CO.CCO[Si](C)(C)CCC1CCCC1.CCO[Si](C)(C)CCCC1CCCC1.CO[Si](C)(CO)CCC1CCCC1.C[Si](C)(CO)CCCC1CCCC1.[CH3-].[CH3-].[CH3-].[CH3-].[CH3-].[CH3-].[CH3-].[CH3-].[CH3-].[CH3-].[CH3-].[CH3-].[Fe+2].[Fe+2].[Fe+2].[Fe+2].[Fe+2].[Fe+2]. The van der Waals surface area contributed by atoms with Gasteiger partial charge < -0.3 is 132 Å². The zero-order valence-electron chi connectivity index (χ0n) is 93.4. The van der Waals surface area contributed by atoms with Gasteiger partial charge in [0.25, 0.3) is 0 Å². The molecule has 12 saturated carbocycles. The Hall–Kier alpha value is 3.19. The van der Waals surface area contributed by atoms with Gasteiger partial charge in [-0.2, -0.15) is 0 Å². The molecule has 0 bridgehead atoms. The molecule has 3 unspecified atom stereocenters. The van der Waals surface area contributed by atoms with Crippen LogP contribution in [0.4, 0.5) is 0 Å². The molecule has 0 aromatic heterocycles. The molecule has 12 rings (SSSR count). The summed E-state index contributed by atoms with van der Waals surface area (Å²) >= 11 is 0. The minimum Gasteiger partial charge on any atom is -0.418 e. The van der Waals surface area contributed by atoms with Crippen LogP contribution < -0.4 is 0 Å². The molecule has 0 amide bonds. The zero-order valence-corrected chi connectivity index (χ0v) is 106. The Bertz CT molecular complexity index is 1810. The van der Waals surface area contributed by atoms with E-state index in [1.54, 1.807) is 7.11 Å². The quantitative estimate of drug-likeness (QED) is 0.0570. The number of rotatable bonds is 26. The van der Waals surface area contributed by atoms with E-state index >= 15 is 0 Å². The van der Waals surface area contributed by atoms with Crippen molar-refractivity contribution in [3.05, 3.63) is 89.1 Å². The minimum atomic E-state index is -1.71. The van der Waals surface area contributed by atoms with Gasteiger partial charge in [0.1, 0.15) is 20.4 Å². The van der Waals surface area contributed by atoms with E-state index in [9.17, 15) is 10.2 Å². The van der Waals surface area contributed by atoms with Crippen molar-refractivity contribution in [1.29, 1.82) is 0 Å². The van der Waals surface area contributed by atoms with Crippen molar-refractivity contribution in [3.8, 4) is 0 Å². The van der Waals surface area contributed by atoms with E-state index in [0.717, 1.165) is 65.8 Å². The summed E-state index contributed by atoms with van der Waals surface area (Å²) in [7, 11) is -5.82. The molecule has 3 atom stereocenters. The molecule has 130 heavy (non-hydrogen) atoms. The van der Waals surface area contributed by atoms with Gasteiger partial charge in [0.05, 0.1) is 22.4 Å². The molecule has 9 nitrogen and oxygen atoms in total. The number of aliphatic hydroxyl groups excluding tert-OH is 3. The van der Waals surface area contributed by atoms with Crippen LogP contribution in [0.1, 0.15) is 413 Å². The molecule has 12 aliphatic carbocycles. The van der Waals surface area contributed by atoms with Crippen molar-refractivity contribution in [1.82, 2.24) is 0 Å². The topological polar surface area (TPSA) is 140 Å². The first kappa shape index (κ1) is 185. The molecule has 804 valence electrons. The molecule has 0 aliphatic heterocycles. The average Bonchev–Trinajstić information content (AvgIpc) is 1.72. The Morgan fingerprint density at radius 1 is 0.269 bits per heavy atom. The van der Waals surface area contributed by atoms with E-state index in [4.69, 9.17) is 32.8 Å². The molecule has 0 radical (unpaired) electrons. The maximum Gasteiger partial charge on any atom is 2.00 e. The van der Waals surface area contributed by atoms with Crippen LogP contribution in [0.25, 0.3) is 0 Å². The van der Waals surface area contributed by atoms with Gasteiger partial charge in [-0.1, -0.05) is 451 Å². The molecule has 0 aromatic rings. The second-order valence-corrected chi connectivity index (χ2v) is 69.5. The standard InChI is InChI=1S/C12H26OSi.2C11H24OSi.C10H22O2Si.C10H22OSi.C10H22Si.6C5H10.3CH2O.12CH3.6Fe/c1-4-13-14(2,3)11-7-10-12-8-5-6-9-12;1-13(2,10-12)9-5-8-11-6-3-4-7-11;1-4-12-13(2,3)10-9-11-7-5-6-8-11;1-12-13(2,9-11)8-7-10-5-3-4-6-10;1-9(12(2,3)8-11)10-6-4-5-7-10;1-9(11(2,3)4)10-7-5-6-8-10;6*1-2-4-5-3-1;3*1-2;;;;;;;;;;;;;;;;;;/h12H,4-11H2,1-3H3;11-12H,3-10H2,1-2H3;11H,4-10H2,1-3H3;10-11H,3-9H2,1-2H3;9-11H,4-8H2,1-3H3;9-10H,5-8H2,1-4H3;6*1-5H2;3*1H2;12*1H3;;;;;;/q;;;;;;;;;;;;;;;12*-1;6*+2. The number of carbonyl (C=O) groups excluding carboxylic acids is 3. The smallest absolute Gasteiger partial charge is 0.418 e. The Morgan fingerprint density at radius 2 is 0.469 bits per heavy atom. The summed E-state index contributed by atoms with van der Waals surface area (Å²) in [6.45, 7) is 45.2. The molecule has 12 fully saturated rings. The van der Waals surface area contributed by atoms with Crippen molar-refractivity contribution >= 4 is 69.5 Å². The van der Waals surface area contributed by atoms with Crippen LogP contribution in [-0.2, 0) is 130 Å². The van der Waals surface area contributed by atoms with E-state index in [2.05, 4.69) is 106 Å². The second-order valence-electron chi connectivity index (χ2n) is 40.8. The summed E-state index contributed by atoms with van der Waals surface area (Å²) in [5, 5.41) is 27.6. The first-order valence-corrected chi connectivity index (χ1v) is 68.6. The van der Waals surface area contributed by atoms with Crippen LogP contribution in [0.5, 0.6) is 0 Å². The summed E-state index contributed by atoms with van der Waals surface area (Å²) in [5.74, 6) is 6.06. The first-order valence-electron chi connectivity index (χ1n) is 49.2. The molecular weight excluding hydrogens is 1960 g/mol. The number of aliphatic hydroxyl groups is 3. The van der Waals surface area contributed by atoms with Gasteiger partial charge in [0.2, 0.25) is 8.32 Å². The third-order valence-corrected chi connectivity index (χ3v) is 45.7. The van der Waals surface area contributed by atoms with Gasteiger partial charge in [-0.25, -0.2) is 0 Å². The average molecular weight is 2200 g/mol. The third kappa shape index (κ3) is 112. The van der Waals surface area contributed by atoms with E-state index in [1.807, 2.05) is 20.4 Å². The van der Waals surface area contributed by atoms with Crippen molar-refractivity contribution < 1.29 is 145 Å². The number of hydrogen-bond acceptors (Lipinski definition) is 9. The number of carbonyl (C=O) groups is 3. The monoisotopic (exact) mass is 2200 g/mol. The van der Waals surface area contributed by atoms with E-state index in [0.29, 0.717) is 12.5 Å². The van der Waals surface area contributed by atoms with Gasteiger partial charge in [-0.3, -0.25) is 0 Å². The zero-order chi connectivity index (χ0) is 84.5. The van der Waals surface area contributed by atoms with Crippen LogP contribution in [0.2, 0.25) is 114 Å². The molecule has 0 saturated heterocycles. The fraction of sp³-hybridized carbons (Fsp3) is 0.862. The van der Waals surface area contributed by atoms with Gasteiger partial charge in [0.15, 0.2) is 16.6 Å². The van der Waals surface area contributed by atoms with Gasteiger partial charge in [-0.15, -0.1) is 0 Å². The Kier molecular flexibility index (Phi) is 177. The fourth-order valence-electron chi connectivity index (χ4n) is 18.9. The Labute approximate surface area is 897 Å². The summed E-state index contributed by atoms with van der Waals surface area (Å²) in [6, 6.07) is 5.17. The van der Waals surface area contributed by atoms with Gasteiger partial charge in [0, 0.05) is 40.9 Å². The van der Waals surface area contributed by atoms with Crippen molar-refractivity contribution in [2.24, 2.45) is 35.5 Å². The van der Waals surface area contributed by atoms with Gasteiger partial charge >= 0.3 is 102 Å². The molecule has 21 heteroatoms. The van der Waals surface area contributed by atoms with Crippen LogP contribution >= 0.6 is 0 Å². The Balaban J connectivity index is -0.0000000523. The summed E-state index contributed by atoms with van der Waals surface area (Å²) in [4.78, 5) is 24.0. The van der Waals surface area contributed by atoms with E-state index < -0.39 is 49.2 Å². The second kappa shape index (κ2) is 124. The van der Waals surface area contributed by atoms with Crippen molar-refractivity contribution in [2.75, 3.05) is 39.0 Å². The van der Waals surface area contributed by atoms with Crippen LogP contribution in [0, 0.1) is 125 Å². The molecule has 0 aromatic carbocycles. The third-order valence-electron chi connectivity index (χ3n) is 28.0. The van der Waals surface area contributed by atoms with Crippen LogP contribution in [-0.4, -0.2) is 124 Å². The maximum atomic E-state index is 9.29. The summed E-state index contributed by atoms with van der Waals surface area (Å²) < 4.78 is 17.1. The molecule has 3 N–H and O–H groups in total. The Morgan fingerprint density at radius 3 is 0.669 bits per heavy atom. The number of hydrogen-bond donors (Lipinski definition) is 3. The molecule has 12 aliphatic rings. The predicted octanol–water partition coefficient (Wildman–Crippen LogP) is 36.8. The molecular formula is C109H242Fe6O9Si6. The van der Waals surface area contributed by atoms with Crippen molar-refractivity contribution in [2.45, 2.75) is 527 Å². The molecule has 0 heterocycles. The van der Waals surface area contributed by atoms with E-state index in [1.165, 1.54) is 403 Å². The first-order chi connectivity index (χ1) is 53.7. The summed E-state index contributed by atoms with van der Waals surface area (Å²) in [5.41, 5.74) is 1.86. The van der Waals surface area contributed by atoms with Crippen LogP contribution in [0.3, 0.4) is 0 Å². The molecule has 0 spiro atoms. The maximum absolute atomic E-state index is 9.29. The van der Waals surface area contributed by atoms with Gasteiger partial charge in [-0.05, 0) is 111 Å². The predicted molar refractivity (Wildman–Crippen MR) is 591 cm³/mol. The van der Waals surface area contributed by atoms with Crippen molar-refractivity contribution in [3.63, 3.8) is 0 Å².